The minimum Gasteiger partial charge on any atom is -0.480 e. The Balaban J connectivity index is 2.09. The standard InChI is InChI=1S/C15H16N2O4S/c1-9-12(17-8-21-9)7-16-14(18)11-5-3-4-6-13(11)22-10(2)15(19)20/h3-6,8,10H,7H2,1-2H3,(H,16,18)(H,19,20). The fourth-order valence-corrected chi connectivity index (χ4v) is 2.68. The third-order valence-corrected chi connectivity index (χ3v) is 4.21. The van der Waals surface area contributed by atoms with Gasteiger partial charge in [0.05, 0.1) is 12.1 Å². The van der Waals surface area contributed by atoms with Gasteiger partial charge in [-0.3, -0.25) is 9.59 Å². The number of amides is 1. The molecule has 6 nitrogen and oxygen atoms in total. The average molecular weight is 320 g/mol. The molecule has 1 unspecified atom stereocenters. The number of carboxylic acids is 1. The maximum absolute atomic E-state index is 12.3. The Morgan fingerprint density at radius 1 is 1.41 bits per heavy atom. The van der Waals surface area contributed by atoms with Crippen LogP contribution < -0.4 is 5.32 Å². The van der Waals surface area contributed by atoms with Gasteiger partial charge in [-0.25, -0.2) is 4.98 Å². The quantitative estimate of drug-likeness (QED) is 0.794. The maximum Gasteiger partial charge on any atom is 0.316 e. The van der Waals surface area contributed by atoms with E-state index < -0.39 is 11.2 Å². The number of carboxylic acid groups (broad SMARTS) is 1. The third-order valence-electron chi connectivity index (χ3n) is 3.04. The lowest BCUT2D eigenvalue weighted by molar-refractivity contribution is -0.136. The smallest absolute Gasteiger partial charge is 0.316 e. The van der Waals surface area contributed by atoms with E-state index in [1.165, 1.54) is 6.39 Å². The highest BCUT2D eigenvalue weighted by Gasteiger charge is 2.18. The second-order valence-electron chi connectivity index (χ2n) is 4.63. The van der Waals surface area contributed by atoms with Gasteiger partial charge in [-0.1, -0.05) is 12.1 Å². The highest BCUT2D eigenvalue weighted by atomic mass is 32.2. The van der Waals surface area contributed by atoms with E-state index in [1.54, 1.807) is 38.1 Å². The topological polar surface area (TPSA) is 92.4 Å². The SMILES string of the molecule is Cc1ocnc1CNC(=O)c1ccccc1SC(C)C(=O)O. The van der Waals surface area contributed by atoms with Gasteiger partial charge in [-0.2, -0.15) is 0 Å². The van der Waals surface area contributed by atoms with Crippen LogP contribution in [0.3, 0.4) is 0 Å². The number of rotatable bonds is 6. The van der Waals surface area contributed by atoms with E-state index in [0.29, 0.717) is 21.9 Å². The number of aromatic nitrogens is 1. The van der Waals surface area contributed by atoms with Crippen molar-refractivity contribution in [2.45, 2.75) is 30.5 Å². The van der Waals surface area contributed by atoms with Gasteiger partial charge in [-0.15, -0.1) is 11.8 Å². The summed E-state index contributed by atoms with van der Waals surface area (Å²) in [5.41, 5.74) is 1.11. The van der Waals surface area contributed by atoms with Crippen LogP contribution in [0.15, 0.2) is 40.0 Å². The summed E-state index contributed by atoms with van der Waals surface area (Å²) >= 11 is 1.14. The van der Waals surface area contributed by atoms with Crippen LogP contribution in [0, 0.1) is 6.92 Å². The molecule has 2 rings (SSSR count). The van der Waals surface area contributed by atoms with Crippen molar-refractivity contribution in [1.29, 1.82) is 0 Å². The summed E-state index contributed by atoms with van der Waals surface area (Å²) in [6.45, 7) is 3.61. The van der Waals surface area contributed by atoms with Crippen molar-refractivity contribution in [2.24, 2.45) is 0 Å². The number of carbonyl (C=O) groups is 2. The molecule has 0 saturated heterocycles. The van der Waals surface area contributed by atoms with Gasteiger partial charge >= 0.3 is 5.97 Å². The number of hydrogen-bond acceptors (Lipinski definition) is 5. The van der Waals surface area contributed by atoms with Crippen LogP contribution in [0.25, 0.3) is 0 Å². The average Bonchev–Trinajstić information content (AvgIpc) is 2.90. The molecule has 1 aromatic carbocycles. The van der Waals surface area contributed by atoms with Crippen molar-refractivity contribution in [3.8, 4) is 0 Å². The number of carbonyl (C=O) groups excluding carboxylic acids is 1. The Labute approximate surface area is 131 Å². The first-order chi connectivity index (χ1) is 10.5. The molecule has 0 aliphatic carbocycles. The lowest BCUT2D eigenvalue weighted by Crippen LogP contribution is -2.24. The van der Waals surface area contributed by atoms with Gasteiger partial charge in [0.15, 0.2) is 6.39 Å². The largest absolute Gasteiger partial charge is 0.480 e. The Bertz CT molecular complexity index is 684. The van der Waals surface area contributed by atoms with Crippen LogP contribution in [0.4, 0.5) is 0 Å². The van der Waals surface area contributed by atoms with E-state index in [9.17, 15) is 9.59 Å². The molecule has 0 radical (unpaired) electrons. The van der Waals surface area contributed by atoms with Gasteiger partial charge in [0, 0.05) is 4.90 Å². The third kappa shape index (κ3) is 3.88. The maximum atomic E-state index is 12.3. The molecule has 0 aliphatic heterocycles. The van der Waals surface area contributed by atoms with Crippen LogP contribution in [0.5, 0.6) is 0 Å². The molecule has 0 saturated carbocycles. The first kappa shape index (κ1) is 16.1. The van der Waals surface area contributed by atoms with Crippen molar-refractivity contribution < 1.29 is 19.1 Å². The number of nitrogens with one attached hydrogen (secondary N) is 1. The molecular formula is C15H16N2O4S. The molecule has 116 valence electrons. The van der Waals surface area contributed by atoms with Gasteiger partial charge in [0.25, 0.3) is 5.91 Å². The van der Waals surface area contributed by atoms with Crippen molar-refractivity contribution in [3.05, 3.63) is 47.7 Å². The summed E-state index contributed by atoms with van der Waals surface area (Å²) in [7, 11) is 0. The Hall–Kier alpha value is -2.28. The second-order valence-corrected chi connectivity index (χ2v) is 6.02. The van der Waals surface area contributed by atoms with E-state index in [4.69, 9.17) is 9.52 Å². The molecule has 22 heavy (non-hydrogen) atoms. The summed E-state index contributed by atoms with van der Waals surface area (Å²) in [5.74, 6) is -0.538. The Kier molecular flexibility index (Phi) is 5.21. The number of oxazole rings is 1. The molecular weight excluding hydrogens is 304 g/mol. The highest BCUT2D eigenvalue weighted by molar-refractivity contribution is 8.00. The zero-order valence-corrected chi connectivity index (χ0v) is 13.0. The molecule has 1 heterocycles. The summed E-state index contributed by atoms with van der Waals surface area (Å²) in [6, 6.07) is 6.92. The molecule has 7 heteroatoms. The first-order valence-corrected chi connectivity index (χ1v) is 7.52. The molecule has 2 N–H and O–H groups in total. The first-order valence-electron chi connectivity index (χ1n) is 6.64. The van der Waals surface area contributed by atoms with Crippen molar-refractivity contribution in [2.75, 3.05) is 0 Å². The molecule has 1 amide bonds. The molecule has 1 atom stereocenters. The van der Waals surface area contributed by atoms with Gasteiger partial charge in [0.2, 0.25) is 0 Å². The lowest BCUT2D eigenvalue weighted by atomic mass is 10.2. The number of thioether (sulfide) groups is 1. The number of aryl methyl sites for hydroxylation is 1. The number of hydrogen-bond donors (Lipinski definition) is 2. The van der Waals surface area contributed by atoms with Crippen LogP contribution in [0.2, 0.25) is 0 Å². The molecule has 1 aromatic heterocycles. The summed E-state index contributed by atoms with van der Waals surface area (Å²) in [4.78, 5) is 27.9. The molecule has 0 fully saturated rings. The molecule has 0 bridgehead atoms. The molecule has 0 aliphatic rings. The van der Waals surface area contributed by atoms with Gasteiger partial charge in [-0.05, 0) is 26.0 Å². The molecule has 0 spiro atoms. The second kappa shape index (κ2) is 7.13. The highest BCUT2D eigenvalue weighted by Crippen LogP contribution is 2.27. The zero-order chi connectivity index (χ0) is 16.1. The summed E-state index contributed by atoms with van der Waals surface area (Å²) in [6.07, 6.45) is 1.33. The lowest BCUT2D eigenvalue weighted by Gasteiger charge is -2.11. The summed E-state index contributed by atoms with van der Waals surface area (Å²) in [5, 5.41) is 11.1. The van der Waals surface area contributed by atoms with Crippen LogP contribution in [0.1, 0.15) is 28.7 Å². The van der Waals surface area contributed by atoms with Crippen molar-refractivity contribution in [3.63, 3.8) is 0 Å². The van der Waals surface area contributed by atoms with Gasteiger partial charge < -0.3 is 14.8 Å². The monoisotopic (exact) mass is 320 g/mol. The van der Waals surface area contributed by atoms with Crippen LogP contribution in [-0.2, 0) is 11.3 Å². The number of benzene rings is 1. The fraction of sp³-hybridized carbons (Fsp3) is 0.267. The Morgan fingerprint density at radius 2 is 2.14 bits per heavy atom. The van der Waals surface area contributed by atoms with E-state index in [2.05, 4.69) is 10.3 Å². The van der Waals surface area contributed by atoms with Crippen molar-refractivity contribution in [1.82, 2.24) is 10.3 Å². The molecule has 2 aromatic rings. The van der Waals surface area contributed by atoms with E-state index in [1.807, 2.05) is 0 Å². The van der Waals surface area contributed by atoms with E-state index >= 15 is 0 Å². The van der Waals surface area contributed by atoms with Gasteiger partial charge in [0.1, 0.15) is 16.7 Å². The Morgan fingerprint density at radius 3 is 2.77 bits per heavy atom. The van der Waals surface area contributed by atoms with E-state index in [-0.39, 0.29) is 12.5 Å². The van der Waals surface area contributed by atoms with Crippen molar-refractivity contribution >= 4 is 23.6 Å². The minimum atomic E-state index is -0.918. The predicted octanol–water partition coefficient (Wildman–Crippen LogP) is 2.48. The minimum absolute atomic E-state index is 0.259. The number of nitrogens with zero attached hydrogens (tertiary/aromatic N) is 1. The van der Waals surface area contributed by atoms with E-state index in [0.717, 1.165) is 11.8 Å². The number of aliphatic carboxylic acids is 1. The van der Waals surface area contributed by atoms with Crippen LogP contribution >= 0.6 is 11.8 Å². The fourth-order valence-electron chi connectivity index (χ4n) is 1.76. The predicted molar refractivity (Wildman–Crippen MR) is 81.8 cm³/mol. The summed E-state index contributed by atoms with van der Waals surface area (Å²) < 4.78 is 5.07. The van der Waals surface area contributed by atoms with Crippen LogP contribution in [-0.4, -0.2) is 27.2 Å². The zero-order valence-electron chi connectivity index (χ0n) is 12.2. The normalized spacial score (nSPS) is 11.9.